The van der Waals surface area contributed by atoms with Gasteiger partial charge in [-0.1, -0.05) is 36.4 Å². The van der Waals surface area contributed by atoms with Crippen LogP contribution in [0, 0.1) is 0 Å². The molecule has 19 heavy (non-hydrogen) atoms. The third-order valence-corrected chi connectivity index (χ3v) is 3.50. The molecule has 1 atom stereocenters. The summed E-state index contributed by atoms with van der Waals surface area (Å²) < 4.78 is 0. The Labute approximate surface area is 114 Å². The van der Waals surface area contributed by atoms with E-state index < -0.39 is 6.04 Å². The number of amides is 1. The SMILES string of the molecule is C=CCN1CCN(C(=O)[C@H](N)c2ccccc2)CC1. The molecule has 1 aliphatic rings. The predicted molar refractivity (Wildman–Crippen MR) is 76.6 cm³/mol. The Bertz CT molecular complexity index is 424. The second-order valence-corrected chi connectivity index (χ2v) is 4.80. The molecule has 102 valence electrons. The zero-order valence-corrected chi connectivity index (χ0v) is 11.2. The molecular formula is C15H21N3O. The lowest BCUT2D eigenvalue weighted by Crippen LogP contribution is -2.50. The molecule has 2 N–H and O–H groups in total. The van der Waals surface area contributed by atoms with E-state index in [9.17, 15) is 4.79 Å². The first-order valence-electron chi connectivity index (χ1n) is 6.65. The number of piperazine rings is 1. The molecule has 1 amide bonds. The van der Waals surface area contributed by atoms with Crippen LogP contribution in [0.5, 0.6) is 0 Å². The molecule has 1 aromatic carbocycles. The van der Waals surface area contributed by atoms with Crippen molar-refractivity contribution in [1.29, 1.82) is 0 Å². The molecule has 0 spiro atoms. The Hall–Kier alpha value is -1.65. The van der Waals surface area contributed by atoms with Crippen LogP contribution >= 0.6 is 0 Å². The van der Waals surface area contributed by atoms with Crippen molar-refractivity contribution in [2.75, 3.05) is 32.7 Å². The Morgan fingerprint density at radius 1 is 1.26 bits per heavy atom. The topological polar surface area (TPSA) is 49.6 Å². The zero-order valence-electron chi connectivity index (χ0n) is 11.2. The van der Waals surface area contributed by atoms with Gasteiger partial charge in [0.05, 0.1) is 0 Å². The maximum Gasteiger partial charge on any atom is 0.244 e. The van der Waals surface area contributed by atoms with Crippen LogP contribution in [0.4, 0.5) is 0 Å². The third kappa shape index (κ3) is 3.43. The van der Waals surface area contributed by atoms with E-state index in [1.807, 2.05) is 41.3 Å². The standard InChI is InChI=1S/C15H21N3O/c1-2-8-17-9-11-18(12-10-17)15(19)14(16)13-6-4-3-5-7-13/h2-7,14H,1,8-12,16H2/t14-/m1/s1. The van der Waals surface area contributed by atoms with Gasteiger partial charge in [0.2, 0.25) is 5.91 Å². The van der Waals surface area contributed by atoms with Gasteiger partial charge < -0.3 is 10.6 Å². The van der Waals surface area contributed by atoms with Crippen molar-refractivity contribution in [3.63, 3.8) is 0 Å². The van der Waals surface area contributed by atoms with Gasteiger partial charge >= 0.3 is 0 Å². The van der Waals surface area contributed by atoms with Crippen molar-refractivity contribution < 1.29 is 4.79 Å². The lowest BCUT2D eigenvalue weighted by atomic mass is 10.1. The van der Waals surface area contributed by atoms with Gasteiger partial charge in [0, 0.05) is 32.7 Å². The van der Waals surface area contributed by atoms with E-state index in [1.165, 1.54) is 0 Å². The Balaban J connectivity index is 1.92. The van der Waals surface area contributed by atoms with Crippen LogP contribution in [-0.2, 0) is 4.79 Å². The first-order valence-corrected chi connectivity index (χ1v) is 6.65. The number of benzene rings is 1. The average molecular weight is 259 g/mol. The quantitative estimate of drug-likeness (QED) is 0.821. The van der Waals surface area contributed by atoms with Gasteiger partial charge in [0.1, 0.15) is 6.04 Å². The van der Waals surface area contributed by atoms with Gasteiger partial charge in [-0.3, -0.25) is 9.69 Å². The average Bonchev–Trinajstić information content (AvgIpc) is 2.48. The fourth-order valence-corrected chi connectivity index (χ4v) is 2.33. The largest absolute Gasteiger partial charge is 0.338 e. The number of hydrogen-bond donors (Lipinski definition) is 1. The summed E-state index contributed by atoms with van der Waals surface area (Å²) in [5.41, 5.74) is 6.92. The first kappa shape index (κ1) is 13.8. The highest BCUT2D eigenvalue weighted by Crippen LogP contribution is 2.14. The highest BCUT2D eigenvalue weighted by molar-refractivity contribution is 5.83. The monoisotopic (exact) mass is 259 g/mol. The second kappa shape index (κ2) is 6.50. The number of nitrogens with two attached hydrogens (primary N) is 1. The van der Waals surface area contributed by atoms with Gasteiger partial charge in [-0.25, -0.2) is 0 Å². The number of carbonyl (C=O) groups is 1. The fourth-order valence-electron chi connectivity index (χ4n) is 2.33. The summed E-state index contributed by atoms with van der Waals surface area (Å²) in [5.74, 6) is 0.0180. The molecule has 4 heteroatoms. The van der Waals surface area contributed by atoms with Crippen LogP contribution in [0.2, 0.25) is 0 Å². The fraction of sp³-hybridized carbons (Fsp3) is 0.400. The molecule has 0 saturated carbocycles. The Morgan fingerprint density at radius 3 is 2.47 bits per heavy atom. The van der Waals surface area contributed by atoms with E-state index in [0.717, 1.165) is 38.3 Å². The van der Waals surface area contributed by atoms with Gasteiger partial charge in [0.15, 0.2) is 0 Å². The molecule has 2 rings (SSSR count). The van der Waals surface area contributed by atoms with Crippen LogP contribution in [0.3, 0.4) is 0 Å². The van der Waals surface area contributed by atoms with Crippen molar-refractivity contribution >= 4 is 5.91 Å². The summed E-state index contributed by atoms with van der Waals surface area (Å²) in [6.45, 7) is 7.88. The highest BCUT2D eigenvalue weighted by Gasteiger charge is 2.25. The van der Waals surface area contributed by atoms with Crippen molar-refractivity contribution in [2.24, 2.45) is 5.73 Å². The van der Waals surface area contributed by atoms with Crippen molar-refractivity contribution in [3.05, 3.63) is 48.6 Å². The summed E-state index contributed by atoms with van der Waals surface area (Å²) in [7, 11) is 0. The minimum atomic E-state index is -0.549. The predicted octanol–water partition coefficient (Wildman–Crippen LogP) is 1.02. The van der Waals surface area contributed by atoms with Gasteiger partial charge in [0.25, 0.3) is 0 Å². The van der Waals surface area contributed by atoms with E-state index in [0.29, 0.717) is 0 Å². The van der Waals surface area contributed by atoms with Crippen LogP contribution in [0.25, 0.3) is 0 Å². The van der Waals surface area contributed by atoms with Crippen LogP contribution < -0.4 is 5.73 Å². The maximum atomic E-state index is 12.3. The second-order valence-electron chi connectivity index (χ2n) is 4.80. The molecule has 0 aromatic heterocycles. The van der Waals surface area contributed by atoms with Crippen molar-refractivity contribution in [2.45, 2.75) is 6.04 Å². The summed E-state index contributed by atoms with van der Waals surface area (Å²) in [4.78, 5) is 16.5. The molecular weight excluding hydrogens is 238 g/mol. The summed E-state index contributed by atoms with van der Waals surface area (Å²) in [5, 5.41) is 0. The van der Waals surface area contributed by atoms with E-state index >= 15 is 0 Å². The molecule has 1 aromatic rings. The minimum Gasteiger partial charge on any atom is -0.338 e. The minimum absolute atomic E-state index is 0.0180. The molecule has 1 heterocycles. The molecule has 1 saturated heterocycles. The third-order valence-electron chi connectivity index (χ3n) is 3.50. The van der Waals surface area contributed by atoms with E-state index in [2.05, 4.69) is 11.5 Å². The molecule has 0 radical (unpaired) electrons. The Kier molecular flexibility index (Phi) is 4.71. The number of carbonyl (C=O) groups excluding carboxylic acids is 1. The van der Waals surface area contributed by atoms with Crippen LogP contribution in [-0.4, -0.2) is 48.4 Å². The highest BCUT2D eigenvalue weighted by atomic mass is 16.2. The Morgan fingerprint density at radius 2 is 1.89 bits per heavy atom. The molecule has 0 aliphatic carbocycles. The van der Waals surface area contributed by atoms with Gasteiger partial charge in [-0.15, -0.1) is 6.58 Å². The molecule has 0 bridgehead atoms. The molecule has 4 nitrogen and oxygen atoms in total. The number of rotatable bonds is 4. The molecule has 0 unspecified atom stereocenters. The number of nitrogens with zero attached hydrogens (tertiary/aromatic N) is 2. The molecule has 1 fully saturated rings. The van der Waals surface area contributed by atoms with Crippen molar-refractivity contribution in [1.82, 2.24) is 9.80 Å². The van der Waals surface area contributed by atoms with Gasteiger partial charge in [-0.05, 0) is 5.56 Å². The molecule has 1 aliphatic heterocycles. The summed E-state index contributed by atoms with van der Waals surface area (Å²) in [6.07, 6.45) is 1.90. The van der Waals surface area contributed by atoms with E-state index in [4.69, 9.17) is 5.73 Å². The van der Waals surface area contributed by atoms with Crippen molar-refractivity contribution in [3.8, 4) is 0 Å². The lowest BCUT2D eigenvalue weighted by molar-refractivity contribution is -0.134. The maximum absolute atomic E-state index is 12.3. The normalized spacial score (nSPS) is 18.1. The van der Waals surface area contributed by atoms with E-state index in [-0.39, 0.29) is 5.91 Å². The lowest BCUT2D eigenvalue weighted by Gasteiger charge is -2.35. The van der Waals surface area contributed by atoms with Gasteiger partial charge in [-0.2, -0.15) is 0 Å². The van der Waals surface area contributed by atoms with E-state index in [1.54, 1.807) is 0 Å². The van der Waals surface area contributed by atoms with Crippen LogP contribution in [0.1, 0.15) is 11.6 Å². The first-order chi connectivity index (χ1) is 9.22. The smallest absolute Gasteiger partial charge is 0.244 e. The van der Waals surface area contributed by atoms with Crippen LogP contribution in [0.15, 0.2) is 43.0 Å². The number of hydrogen-bond acceptors (Lipinski definition) is 3. The summed E-state index contributed by atoms with van der Waals surface area (Å²) in [6, 6.07) is 8.99. The summed E-state index contributed by atoms with van der Waals surface area (Å²) >= 11 is 0. The zero-order chi connectivity index (χ0) is 13.7.